The molecule has 1 aliphatic heterocycles. The molecular formula is C30H34ClN5O2. The molecule has 2 aromatic carbocycles. The Morgan fingerprint density at radius 2 is 1.87 bits per heavy atom. The molecule has 0 bridgehead atoms. The van der Waals surface area contributed by atoms with Gasteiger partial charge in [0.25, 0.3) is 0 Å². The maximum Gasteiger partial charge on any atom is 0.208 e. The summed E-state index contributed by atoms with van der Waals surface area (Å²) < 4.78 is 8.16. The van der Waals surface area contributed by atoms with Crippen molar-refractivity contribution in [3.8, 4) is 11.5 Å². The fourth-order valence-corrected chi connectivity index (χ4v) is 5.28. The largest absolute Gasteiger partial charge is 0.457 e. The Morgan fingerprint density at radius 1 is 1.11 bits per heavy atom. The molecule has 0 spiro atoms. The molecule has 0 radical (unpaired) electrons. The van der Waals surface area contributed by atoms with Gasteiger partial charge in [0.2, 0.25) is 5.95 Å². The van der Waals surface area contributed by atoms with Gasteiger partial charge >= 0.3 is 0 Å². The Labute approximate surface area is 228 Å². The lowest BCUT2D eigenvalue weighted by molar-refractivity contribution is -0.123. The number of piperidine rings is 1. The van der Waals surface area contributed by atoms with Gasteiger partial charge in [0, 0.05) is 48.4 Å². The number of aryl methyl sites for hydroxylation is 1. The van der Waals surface area contributed by atoms with Gasteiger partial charge in [-0.3, -0.25) is 9.78 Å². The van der Waals surface area contributed by atoms with Gasteiger partial charge in [-0.05, 0) is 73.3 Å². The van der Waals surface area contributed by atoms with Gasteiger partial charge in [0.05, 0.1) is 16.7 Å². The smallest absolute Gasteiger partial charge is 0.208 e. The number of benzene rings is 2. The number of Topliss-reactive ketones (excluding diaryl/α,β-unsaturated/α-hetero) is 1. The molecule has 0 atom stereocenters. The first-order valence-corrected chi connectivity index (χ1v) is 13.4. The second kappa shape index (κ2) is 10.8. The normalized spacial score (nSPS) is 14.6. The number of hydrogen-bond acceptors (Lipinski definition) is 6. The molecule has 0 saturated carbocycles. The van der Waals surface area contributed by atoms with Crippen molar-refractivity contribution >= 4 is 40.1 Å². The number of nitrogens with one attached hydrogen (secondary N) is 2. The molecule has 38 heavy (non-hydrogen) atoms. The summed E-state index contributed by atoms with van der Waals surface area (Å²) in [5.74, 6) is 2.41. The number of carbonyl (C=O) groups excluding carboxylic acids is 1. The van der Waals surface area contributed by atoms with E-state index in [1.54, 1.807) is 12.3 Å². The van der Waals surface area contributed by atoms with Crippen LogP contribution in [0.1, 0.15) is 44.9 Å². The van der Waals surface area contributed by atoms with Gasteiger partial charge < -0.3 is 19.9 Å². The van der Waals surface area contributed by atoms with Crippen molar-refractivity contribution in [1.29, 1.82) is 0 Å². The van der Waals surface area contributed by atoms with Crippen LogP contribution in [-0.2, 0) is 23.7 Å². The van der Waals surface area contributed by atoms with Crippen LogP contribution >= 0.6 is 11.6 Å². The van der Waals surface area contributed by atoms with E-state index in [1.807, 2.05) is 48.0 Å². The molecule has 1 fully saturated rings. The number of imidazole rings is 1. The number of hydrogen-bond donors (Lipinski definition) is 2. The van der Waals surface area contributed by atoms with Gasteiger partial charge in [-0.2, -0.15) is 0 Å². The van der Waals surface area contributed by atoms with E-state index < -0.39 is 0 Å². The molecular weight excluding hydrogens is 498 g/mol. The number of fused-ring (bicyclic) bond motifs is 1. The number of rotatable bonds is 7. The summed E-state index contributed by atoms with van der Waals surface area (Å²) in [6, 6.07) is 15.5. The summed E-state index contributed by atoms with van der Waals surface area (Å²) in [4.78, 5) is 21.9. The van der Waals surface area contributed by atoms with E-state index in [2.05, 4.69) is 42.5 Å². The molecule has 1 aliphatic rings. The molecule has 7 nitrogen and oxygen atoms in total. The van der Waals surface area contributed by atoms with Gasteiger partial charge in [-0.25, -0.2) is 4.98 Å². The van der Waals surface area contributed by atoms with Crippen LogP contribution in [0.25, 0.3) is 11.0 Å². The van der Waals surface area contributed by atoms with E-state index in [1.165, 1.54) is 0 Å². The predicted molar refractivity (Wildman–Crippen MR) is 153 cm³/mol. The van der Waals surface area contributed by atoms with Crippen molar-refractivity contribution in [1.82, 2.24) is 19.9 Å². The highest BCUT2D eigenvalue weighted by molar-refractivity contribution is 6.31. The van der Waals surface area contributed by atoms with Crippen molar-refractivity contribution in [3.63, 3.8) is 0 Å². The van der Waals surface area contributed by atoms with Crippen LogP contribution in [0.15, 0.2) is 54.7 Å². The molecule has 1 saturated heterocycles. The van der Waals surface area contributed by atoms with Crippen molar-refractivity contribution in [2.24, 2.45) is 13.0 Å². The lowest BCUT2D eigenvalue weighted by Crippen LogP contribution is -2.32. The van der Waals surface area contributed by atoms with Crippen LogP contribution in [0.5, 0.6) is 11.5 Å². The summed E-state index contributed by atoms with van der Waals surface area (Å²) in [6.07, 6.45) is 3.81. The van der Waals surface area contributed by atoms with E-state index in [9.17, 15) is 4.79 Å². The minimum absolute atomic E-state index is 0.0686. The van der Waals surface area contributed by atoms with Gasteiger partial charge in [-0.1, -0.05) is 32.4 Å². The zero-order valence-electron chi connectivity index (χ0n) is 22.3. The maximum atomic E-state index is 12.7. The minimum atomic E-state index is -0.0686. The van der Waals surface area contributed by atoms with E-state index in [-0.39, 0.29) is 17.1 Å². The first-order chi connectivity index (χ1) is 18.2. The third-order valence-electron chi connectivity index (χ3n) is 7.06. The fourth-order valence-electron chi connectivity index (χ4n) is 4.88. The average molecular weight is 532 g/mol. The second-order valence-electron chi connectivity index (χ2n) is 11.0. The number of nitrogens with zero attached hydrogens (tertiary/aromatic N) is 3. The van der Waals surface area contributed by atoms with Crippen LogP contribution in [-0.4, -0.2) is 33.4 Å². The topological polar surface area (TPSA) is 81.1 Å². The summed E-state index contributed by atoms with van der Waals surface area (Å²) in [5.41, 5.74) is 4.46. The van der Waals surface area contributed by atoms with Crippen molar-refractivity contribution in [2.45, 2.75) is 45.4 Å². The monoisotopic (exact) mass is 531 g/mol. The van der Waals surface area contributed by atoms with Crippen LogP contribution in [0.3, 0.4) is 0 Å². The average Bonchev–Trinajstić information content (AvgIpc) is 3.19. The number of anilines is 2. The van der Waals surface area contributed by atoms with Crippen LogP contribution in [0, 0.1) is 5.92 Å². The molecule has 5 rings (SSSR count). The maximum absolute atomic E-state index is 12.7. The SMILES string of the molecule is Cn1c(Nc2ccc(Cl)c(C(C)(C)C)c2)nc2cc(Oc3ccnc(CC(=O)C4CCNCC4)c3)ccc21. The molecule has 8 heteroatoms. The summed E-state index contributed by atoms with van der Waals surface area (Å²) >= 11 is 6.45. The predicted octanol–water partition coefficient (Wildman–Crippen LogP) is 6.57. The molecule has 3 heterocycles. The molecule has 2 N–H and O–H groups in total. The number of ether oxygens (including phenoxy) is 1. The Bertz CT molecular complexity index is 1470. The Kier molecular flexibility index (Phi) is 7.41. The second-order valence-corrected chi connectivity index (χ2v) is 11.4. The van der Waals surface area contributed by atoms with Crippen LogP contribution in [0.4, 0.5) is 11.6 Å². The molecule has 2 aromatic heterocycles. The van der Waals surface area contributed by atoms with E-state index in [0.717, 1.165) is 64.9 Å². The van der Waals surface area contributed by atoms with Gasteiger partial charge in [0.1, 0.15) is 17.3 Å². The van der Waals surface area contributed by atoms with E-state index in [0.29, 0.717) is 17.9 Å². The highest BCUT2D eigenvalue weighted by atomic mass is 35.5. The quantitative estimate of drug-likeness (QED) is 0.281. The van der Waals surface area contributed by atoms with Crippen molar-refractivity contribution in [3.05, 3.63) is 71.0 Å². The third kappa shape index (κ3) is 5.84. The molecule has 0 amide bonds. The van der Waals surface area contributed by atoms with Gasteiger partial charge in [0.15, 0.2) is 0 Å². The minimum Gasteiger partial charge on any atom is -0.457 e. The highest BCUT2D eigenvalue weighted by Gasteiger charge is 2.22. The summed E-state index contributed by atoms with van der Waals surface area (Å²) in [5, 5.41) is 7.49. The lowest BCUT2D eigenvalue weighted by atomic mass is 9.87. The zero-order valence-corrected chi connectivity index (χ0v) is 23.1. The van der Waals surface area contributed by atoms with Crippen molar-refractivity contribution < 1.29 is 9.53 Å². The number of pyridine rings is 1. The summed E-state index contributed by atoms with van der Waals surface area (Å²) in [7, 11) is 1.98. The molecule has 198 valence electrons. The fraction of sp³-hybridized carbons (Fsp3) is 0.367. The third-order valence-corrected chi connectivity index (χ3v) is 7.39. The summed E-state index contributed by atoms with van der Waals surface area (Å²) in [6.45, 7) is 8.24. The first-order valence-electron chi connectivity index (χ1n) is 13.1. The van der Waals surface area contributed by atoms with Crippen LogP contribution in [0.2, 0.25) is 5.02 Å². The Morgan fingerprint density at radius 3 is 2.63 bits per heavy atom. The Balaban J connectivity index is 1.32. The highest BCUT2D eigenvalue weighted by Crippen LogP contribution is 2.33. The number of halogens is 1. The van der Waals surface area contributed by atoms with E-state index >= 15 is 0 Å². The van der Waals surface area contributed by atoms with Crippen molar-refractivity contribution in [2.75, 3.05) is 18.4 Å². The lowest BCUT2D eigenvalue weighted by Gasteiger charge is -2.21. The number of carbonyl (C=O) groups is 1. The first kappa shape index (κ1) is 26.2. The zero-order chi connectivity index (χ0) is 26.9. The van der Waals surface area contributed by atoms with Gasteiger partial charge in [-0.15, -0.1) is 0 Å². The Hall–Kier alpha value is -3.42. The van der Waals surface area contributed by atoms with E-state index in [4.69, 9.17) is 21.3 Å². The number of aromatic nitrogens is 3. The number of ketones is 1. The standard InChI is InChI=1S/C30H34ClN5O2/c1-30(2,3)24-16-20(5-7-25(24)31)34-29-35-26-18-22(6-8-27(26)36(29)4)38-23-11-14-33-21(15-23)17-28(37)19-9-12-32-13-10-19/h5-8,11,14-16,18-19,32H,9-10,12-13,17H2,1-4H3,(H,34,35). The van der Waals surface area contributed by atoms with Crippen LogP contribution < -0.4 is 15.4 Å². The molecule has 0 aliphatic carbocycles. The molecule has 0 unspecified atom stereocenters. The molecule has 4 aromatic rings.